The van der Waals surface area contributed by atoms with E-state index >= 15 is 0 Å². The predicted molar refractivity (Wildman–Crippen MR) is 112 cm³/mol. The molecule has 0 bridgehead atoms. The van der Waals surface area contributed by atoms with Gasteiger partial charge in [-0.05, 0) is 30.3 Å². The molecule has 0 radical (unpaired) electrons. The number of urea groups is 1. The van der Waals surface area contributed by atoms with Gasteiger partial charge in [0.15, 0.2) is 5.82 Å². The Hall–Kier alpha value is -3.11. The molecule has 0 atom stereocenters. The lowest BCUT2D eigenvalue weighted by Crippen LogP contribution is -2.49. The van der Waals surface area contributed by atoms with E-state index in [0.717, 1.165) is 12.1 Å². The largest absolute Gasteiger partial charge is 0.416 e. The van der Waals surface area contributed by atoms with Crippen LogP contribution in [-0.2, 0) is 12.7 Å². The van der Waals surface area contributed by atoms with Crippen molar-refractivity contribution in [3.05, 3.63) is 64.9 Å². The number of carbonyl (C=O) groups is 1. The summed E-state index contributed by atoms with van der Waals surface area (Å²) < 4.78 is 43.8. The Morgan fingerprint density at radius 1 is 1.09 bits per heavy atom. The van der Waals surface area contributed by atoms with E-state index < -0.39 is 17.8 Å². The molecule has 1 fully saturated rings. The van der Waals surface area contributed by atoms with Gasteiger partial charge in [0, 0.05) is 31.9 Å². The van der Waals surface area contributed by atoms with E-state index in [0.29, 0.717) is 55.0 Å². The molecular weight excluding hydrogens is 447 g/mol. The molecule has 2 amide bonds. The van der Waals surface area contributed by atoms with Crippen LogP contribution in [0, 0.1) is 0 Å². The minimum Gasteiger partial charge on any atom is -0.334 e. The van der Waals surface area contributed by atoms with Gasteiger partial charge in [-0.15, -0.1) is 0 Å². The van der Waals surface area contributed by atoms with Crippen LogP contribution in [0.4, 0.5) is 23.7 Å². The Morgan fingerprint density at radius 3 is 2.56 bits per heavy atom. The minimum atomic E-state index is -4.47. The van der Waals surface area contributed by atoms with Crippen molar-refractivity contribution in [1.29, 1.82) is 0 Å². The van der Waals surface area contributed by atoms with E-state index in [9.17, 15) is 18.0 Å². The molecule has 1 aliphatic rings. The summed E-state index contributed by atoms with van der Waals surface area (Å²) in [6, 6.07) is 11.3. The zero-order valence-corrected chi connectivity index (χ0v) is 17.5. The fourth-order valence-corrected chi connectivity index (χ4v) is 3.56. The lowest BCUT2D eigenvalue weighted by molar-refractivity contribution is -0.137. The second-order valence-electron chi connectivity index (χ2n) is 7.27. The quantitative estimate of drug-likeness (QED) is 0.601. The van der Waals surface area contributed by atoms with Crippen LogP contribution in [-0.4, -0.2) is 52.2 Å². The lowest BCUT2D eigenvalue weighted by Gasteiger charge is -2.34. The third-order valence-electron chi connectivity index (χ3n) is 5.04. The molecule has 0 aliphatic carbocycles. The van der Waals surface area contributed by atoms with Crippen LogP contribution in [0.15, 0.2) is 53.1 Å². The molecule has 11 heteroatoms. The standard InChI is InChI=1S/C21H19ClF3N5O2/c22-17-7-2-1-6-16(17)19-27-18(28-32-19)13-29-8-10-30(11-9-29)20(31)26-15-5-3-4-14(12-15)21(23,24)25/h1-7,12H,8-11,13H2,(H,26,31). The number of hydrogen-bond acceptors (Lipinski definition) is 5. The minimum absolute atomic E-state index is 0.103. The average Bonchev–Trinajstić information content (AvgIpc) is 3.22. The summed E-state index contributed by atoms with van der Waals surface area (Å²) in [6.07, 6.45) is -4.47. The Kier molecular flexibility index (Phi) is 6.33. The fraction of sp³-hybridized carbons (Fsp3) is 0.286. The first-order chi connectivity index (χ1) is 15.3. The highest BCUT2D eigenvalue weighted by molar-refractivity contribution is 6.33. The molecule has 1 saturated heterocycles. The van der Waals surface area contributed by atoms with Crippen LogP contribution in [0.3, 0.4) is 0 Å². The number of amides is 2. The normalized spacial score (nSPS) is 15.1. The van der Waals surface area contributed by atoms with Gasteiger partial charge in [-0.3, -0.25) is 4.90 Å². The van der Waals surface area contributed by atoms with Crippen LogP contribution >= 0.6 is 11.6 Å². The summed E-state index contributed by atoms with van der Waals surface area (Å²) >= 11 is 6.16. The summed E-state index contributed by atoms with van der Waals surface area (Å²) in [7, 11) is 0. The Morgan fingerprint density at radius 2 is 1.84 bits per heavy atom. The molecule has 2 heterocycles. The van der Waals surface area contributed by atoms with Crippen molar-refractivity contribution in [2.75, 3.05) is 31.5 Å². The molecule has 0 saturated carbocycles. The third kappa shape index (κ3) is 5.20. The number of rotatable bonds is 4. The second kappa shape index (κ2) is 9.17. The van der Waals surface area contributed by atoms with Gasteiger partial charge in [0.05, 0.1) is 22.7 Å². The summed E-state index contributed by atoms with van der Waals surface area (Å²) in [5.74, 6) is 0.839. The molecule has 0 spiro atoms. The van der Waals surface area contributed by atoms with E-state index in [1.807, 2.05) is 12.1 Å². The molecule has 168 valence electrons. The number of anilines is 1. The maximum absolute atomic E-state index is 12.8. The average molecular weight is 466 g/mol. The highest BCUT2D eigenvalue weighted by atomic mass is 35.5. The fourth-order valence-electron chi connectivity index (χ4n) is 3.35. The number of alkyl halides is 3. The second-order valence-corrected chi connectivity index (χ2v) is 7.67. The SMILES string of the molecule is O=C(Nc1cccc(C(F)(F)F)c1)N1CCN(Cc2noc(-c3ccccc3Cl)n2)CC1. The summed E-state index contributed by atoms with van der Waals surface area (Å²) in [5, 5.41) is 7.04. The van der Waals surface area contributed by atoms with Gasteiger partial charge >= 0.3 is 12.2 Å². The van der Waals surface area contributed by atoms with E-state index in [1.165, 1.54) is 12.1 Å². The van der Waals surface area contributed by atoms with Crippen LogP contribution in [0.1, 0.15) is 11.4 Å². The highest BCUT2D eigenvalue weighted by Gasteiger charge is 2.31. The van der Waals surface area contributed by atoms with Crippen molar-refractivity contribution in [1.82, 2.24) is 19.9 Å². The number of nitrogens with one attached hydrogen (secondary N) is 1. The van der Waals surface area contributed by atoms with Crippen molar-refractivity contribution >= 4 is 23.3 Å². The number of nitrogens with zero attached hydrogens (tertiary/aromatic N) is 4. The van der Waals surface area contributed by atoms with Gasteiger partial charge in [-0.2, -0.15) is 18.2 Å². The first-order valence-corrected chi connectivity index (χ1v) is 10.2. The number of halogens is 4. The van der Waals surface area contributed by atoms with Gasteiger partial charge in [0.25, 0.3) is 5.89 Å². The maximum atomic E-state index is 12.8. The smallest absolute Gasteiger partial charge is 0.334 e. The maximum Gasteiger partial charge on any atom is 0.416 e. The molecule has 2 aromatic carbocycles. The van der Waals surface area contributed by atoms with Crippen molar-refractivity contribution < 1.29 is 22.5 Å². The molecule has 1 aromatic heterocycles. The van der Waals surface area contributed by atoms with Crippen molar-refractivity contribution in [2.24, 2.45) is 0 Å². The van der Waals surface area contributed by atoms with Crippen molar-refractivity contribution in [3.63, 3.8) is 0 Å². The number of aromatic nitrogens is 2. The molecule has 0 unspecified atom stereocenters. The Bertz CT molecular complexity index is 1100. The van der Waals surface area contributed by atoms with Crippen molar-refractivity contribution in [3.8, 4) is 11.5 Å². The highest BCUT2D eigenvalue weighted by Crippen LogP contribution is 2.31. The number of benzene rings is 2. The first-order valence-electron chi connectivity index (χ1n) is 9.82. The Labute approximate surface area is 186 Å². The molecule has 3 aromatic rings. The van der Waals surface area contributed by atoms with Crippen molar-refractivity contribution in [2.45, 2.75) is 12.7 Å². The number of piperazine rings is 1. The van der Waals surface area contributed by atoms with Gasteiger partial charge < -0.3 is 14.7 Å². The van der Waals surface area contributed by atoms with E-state index in [1.54, 1.807) is 17.0 Å². The topological polar surface area (TPSA) is 74.5 Å². The molecule has 4 rings (SSSR count). The van der Waals surface area contributed by atoms with E-state index in [2.05, 4.69) is 20.4 Å². The van der Waals surface area contributed by atoms with Crippen LogP contribution < -0.4 is 5.32 Å². The first kappa shape index (κ1) is 22.1. The van der Waals surface area contributed by atoms with Gasteiger partial charge in [0.2, 0.25) is 0 Å². The van der Waals surface area contributed by atoms with Crippen LogP contribution in [0.25, 0.3) is 11.5 Å². The molecule has 1 N–H and O–H groups in total. The molecule has 1 aliphatic heterocycles. The van der Waals surface area contributed by atoms with Gasteiger partial charge in [-0.25, -0.2) is 4.79 Å². The summed E-state index contributed by atoms with van der Waals surface area (Å²) in [6.45, 7) is 2.40. The zero-order chi connectivity index (χ0) is 22.7. The third-order valence-corrected chi connectivity index (χ3v) is 5.37. The summed E-state index contributed by atoms with van der Waals surface area (Å²) in [5.41, 5.74) is -0.0495. The van der Waals surface area contributed by atoms with Gasteiger partial charge in [0.1, 0.15) is 0 Å². The van der Waals surface area contributed by atoms with E-state index in [4.69, 9.17) is 16.1 Å². The lowest BCUT2D eigenvalue weighted by atomic mass is 10.2. The molecule has 7 nitrogen and oxygen atoms in total. The Balaban J connectivity index is 1.30. The van der Waals surface area contributed by atoms with Crippen LogP contribution in [0.5, 0.6) is 0 Å². The van der Waals surface area contributed by atoms with E-state index in [-0.39, 0.29) is 5.69 Å². The monoisotopic (exact) mass is 465 g/mol. The van der Waals surface area contributed by atoms with Gasteiger partial charge in [-0.1, -0.05) is 35.0 Å². The number of carbonyl (C=O) groups excluding carboxylic acids is 1. The molecular formula is C21H19ClF3N5O2. The number of hydrogen-bond donors (Lipinski definition) is 1. The summed E-state index contributed by atoms with van der Waals surface area (Å²) in [4.78, 5) is 20.5. The van der Waals surface area contributed by atoms with Crippen LogP contribution in [0.2, 0.25) is 5.02 Å². The molecule has 32 heavy (non-hydrogen) atoms. The zero-order valence-electron chi connectivity index (χ0n) is 16.8. The predicted octanol–water partition coefficient (Wildman–Crippen LogP) is 4.76.